The van der Waals surface area contributed by atoms with Gasteiger partial charge in [-0.1, -0.05) is 55.1 Å². The number of fused-ring (bicyclic) bond motifs is 1. The van der Waals surface area contributed by atoms with E-state index < -0.39 is 12.0 Å². The highest BCUT2D eigenvalue weighted by atomic mass is 16.5. The van der Waals surface area contributed by atoms with Crippen LogP contribution in [0.1, 0.15) is 33.9 Å². The maximum Gasteiger partial charge on any atom is 0.307 e. The fourth-order valence-corrected chi connectivity index (χ4v) is 3.07. The van der Waals surface area contributed by atoms with Crippen molar-refractivity contribution in [3.05, 3.63) is 77.9 Å². The Kier molecular flexibility index (Phi) is 5.35. The van der Waals surface area contributed by atoms with Crippen LogP contribution in [0.5, 0.6) is 0 Å². The highest BCUT2D eigenvalue weighted by Crippen LogP contribution is 2.30. The number of carbonyl (C=O) groups excluding carboxylic acids is 3. The minimum Gasteiger partial charge on any atom is -0.469 e. The fourth-order valence-electron chi connectivity index (χ4n) is 3.07. The molecular weight excluding hydrogens is 344 g/mol. The van der Waals surface area contributed by atoms with Gasteiger partial charge in [0, 0.05) is 16.8 Å². The van der Waals surface area contributed by atoms with E-state index in [0.29, 0.717) is 11.3 Å². The average molecular weight is 364 g/mol. The number of nitrogens with zero attached hydrogens (tertiary/aromatic N) is 1. The van der Waals surface area contributed by atoms with Gasteiger partial charge in [0.15, 0.2) is 0 Å². The molecule has 138 valence electrons. The van der Waals surface area contributed by atoms with Crippen molar-refractivity contribution in [2.75, 3.05) is 13.7 Å². The highest BCUT2D eigenvalue weighted by Gasteiger charge is 2.32. The first-order valence-corrected chi connectivity index (χ1v) is 8.52. The third kappa shape index (κ3) is 3.89. The number of methoxy groups -OCH3 is 1. The van der Waals surface area contributed by atoms with Crippen LogP contribution in [-0.2, 0) is 14.3 Å². The minimum atomic E-state index is -0.542. The summed E-state index contributed by atoms with van der Waals surface area (Å²) in [5.41, 5.74) is 2.54. The summed E-state index contributed by atoms with van der Waals surface area (Å²) >= 11 is 0. The van der Waals surface area contributed by atoms with E-state index in [2.05, 4.69) is 11.9 Å². The number of hydrogen-bond acceptors (Lipinski definition) is 4. The molecule has 0 bridgehead atoms. The Morgan fingerprint density at radius 2 is 1.70 bits per heavy atom. The van der Waals surface area contributed by atoms with Crippen LogP contribution in [0, 0.1) is 0 Å². The first-order valence-electron chi connectivity index (χ1n) is 8.52. The van der Waals surface area contributed by atoms with Gasteiger partial charge < -0.3 is 10.1 Å². The molecule has 0 saturated carbocycles. The van der Waals surface area contributed by atoms with Gasteiger partial charge in [-0.2, -0.15) is 0 Å². The molecule has 0 spiro atoms. The number of ether oxygens (including phenoxy) is 1. The molecule has 1 aliphatic rings. The van der Waals surface area contributed by atoms with E-state index in [1.807, 2.05) is 36.4 Å². The number of nitrogens with one attached hydrogen (secondary N) is 1. The van der Waals surface area contributed by atoms with E-state index in [0.717, 1.165) is 11.1 Å². The third-order valence-electron chi connectivity index (χ3n) is 4.48. The van der Waals surface area contributed by atoms with E-state index in [9.17, 15) is 14.4 Å². The van der Waals surface area contributed by atoms with Gasteiger partial charge in [-0.05, 0) is 11.6 Å². The number of carbonyl (C=O) groups is 3. The Morgan fingerprint density at radius 1 is 1.07 bits per heavy atom. The zero-order valence-electron chi connectivity index (χ0n) is 15.0. The van der Waals surface area contributed by atoms with Crippen molar-refractivity contribution in [1.82, 2.24) is 10.2 Å². The second-order valence-corrected chi connectivity index (χ2v) is 6.19. The maximum atomic E-state index is 12.6. The van der Waals surface area contributed by atoms with Crippen LogP contribution in [0.4, 0.5) is 0 Å². The van der Waals surface area contributed by atoms with Gasteiger partial charge in [0.1, 0.15) is 6.54 Å². The monoisotopic (exact) mass is 364 g/mol. The van der Waals surface area contributed by atoms with Crippen LogP contribution in [-0.4, -0.2) is 36.3 Å². The first-order chi connectivity index (χ1) is 13.0. The van der Waals surface area contributed by atoms with Gasteiger partial charge in [-0.25, -0.2) is 0 Å². The lowest BCUT2D eigenvalue weighted by Crippen LogP contribution is -2.39. The number of rotatable bonds is 6. The minimum absolute atomic E-state index is 0.00136. The molecule has 6 nitrogen and oxygen atoms in total. The lowest BCUT2D eigenvalue weighted by Gasteiger charge is -2.21. The van der Waals surface area contributed by atoms with Gasteiger partial charge in [-0.3, -0.25) is 19.3 Å². The van der Waals surface area contributed by atoms with Gasteiger partial charge in [0.05, 0.1) is 19.6 Å². The summed E-state index contributed by atoms with van der Waals surface area (Å²) in [5, 5.41) is 2.82. The van der Waals surface area contributed by atoms with Gasteiger partial charge >= 0.3 is 5.97 Å². The Hall–Kier alpha value is -3.41. The average Bonchev–Trinajstić information content (AvgIpc) is 2.93. The molecule has 0 radical (unpaired) electrons. The molecule has 0 aromatic heterocycles. The van der Waals surface area contributed by atoms with Crippen LogP contribution in [0.25, 0.3) is 5.70 Å². The summed E-state index contributed by atoms with van der Waals surface area (Å²) in [6.07, 6.45) is 0.00136. The predicted octanol–water partition coefficient (Wildman–Crippen LogP) is 2.53. The van der Waals surface area contributed by atoms with Crippen LogP contribution in [0.3, 0.4) is 0 Å². The first kappa shape index (κ1) is 18.4. The molecule has 3 rings (SSSR count). The van der Waals surface area contributed by atoms with E-state index in [1.165, 1.54) is 12.0 Å². The largest absolute Gasteiger partial charge is 0.469 e. The van der Waals surface area contributed by atoms with Gasteiger partial charge in [0.25, 0.3) is 5.91 Å². The van der Waals surface area contributed by atoms with Crippen molar-refractivity contribution < 1.29 is 19.1 Å². The van der Waals surface area contributed by atoms with E-state index >= 15 is 0 Å². The zero-order chi connectivity index (χ0) is 19.4. The fraction of sp³-hybridized carbons (Fsp3) is 0.190. The molecule has 1 aliphatic heterocycles. The maximum absolute atomic E-state index is 12.6. The number of esters is 1. The van der Waals surface area contributed by atoms with Crippen molar-refractivity contribution in [3.63, 3.8) is 0 Å². The zero-order valence-corrected chi connectivity index (χ0v) is 15.0. The highest BCUT2D eigenvalue weighted by molar-refractivity contribution is 6.10. The molecule has 0 aliphatic carbocycles. The second kappa shape index (κ2) is 7.86. The van der Waals surface area contributed by atoms with Crippen molar-refractivity contribution in [3.8, 4) is 0 Å². The Bertz CT molecular complexity index is 857. The molecule has 1 heterocycles. The quantitative estimate of drug-likeness (QED) is 0.799. The van der Waals surface area contributed by atoms with Crippen LogP contribution in [0.2, 0.25) is 0 Å². The molecule has 1 atom stereocenters. The molecule has 0 fully saturated rings. The Balaban J connectivity index is 1.72. The van der Waals surface area contributed by atoms with Crippen LogP contribution < -0.4 is 5.32 Å². The lowest BCUT2D eigenvalue weighted by molar-refractivity contribution is -0.141. The molecule has 2 aromatic rings. The molecule has 1 unspecified atom stereocenters. The van der Waals surface area contributed by atoms with E-state index in [1.54, 1.807) is 18.2 Å². The summed E-state index contributed by atoms with van der Waals surface area (Å²) in [6.45, 7) is 3.76. The van der Waals surface area contributed by atoms with Crippen molar-refractivity contribution in [2.45, 2.75) is 12.5 Å². The predicted molar refractivity (Wildman–Crippen MR) is 100 cm³/mol. The van der Waals surface area contributed by atoms with Gasteiger partial charge in [0.2, 0.25) is 5.91 Å². The number of hydrogen-bond donors (Lipinski definition) is 1. The van der Waals surface area contributed by atoms with E-state index in [-0.39, 0.29) is 24.8 Å². The molecule has 0 saturated heterocycles. The topological polar surface area (TPSA) is 75.7 Å². The van der Waals surface area contributed by atoms with Crippen molar-refractivity contribution in [1.29, 1.82) is 0 Å². The summed E-state index contributed by atoms with van der Waals surface area (Å²) in [5.74, 6) is -1.07. The molecule has 1 N–H and O–H groups in total. The number of benzene rings is 2. The summed E-state index contributed by atoms with van der Waals surface area (Å²) < 4.78 is 4.72. The SMILES string of the molecule is C=C1c2ccccc2C(=O)N1CC(=O)NC(CC(=O)OC)c1ccccc1. The lowest BCUT2D eigenvalue weighted by atomic mass is 10.0. The summed E-state index contributed by atoms with van der Waals surface area (Å²) in [6, 6.07) is 15.7. The van der Waals surface area contributed by atoms with Crippen molar-refractivity contribution >= 4 is 23.5 Å². The summed E-state index contributed by atoms with van der Waals surface area (Å²) in [4.78, 5) is 38.2. The summed E-state index contributed by atoms with van der Waals surface area (Å²) in [7, 11) is 1.30. The normalized spacial score (nSPS) is 13.9. The smallest absolute Gasteiger partial charge is 0.307 e. The molecule has 6 heteroatoms. The molecular formula is C21H20N2O4. The Labute approximate surface area is 157 Å². The van der Waals surface area contributed by atoms with Crippen LogP contribution in [0.15, 0.2) is 61.2 Å². The molecule has 2 aromatic carbocycles. The molecule has 27 heavy (non-hydrogen) atoms. The second-order valence-electron chi connectivity index (χ2n) is 6.19. The van der Waals surface area contributed by atoms with Gasteiger partial charge in [-0.15, -0.1) is 0 Å². The van der Waals surface area contributed by atoms with Crippen LogP contribution >= 0.6 is 0 Å². The third-order valence-corrected chi connectivity index (χ3v) is 4.48. The van der Waals surface area contributed by atoms with E-state index in [4.69, 9.17) is 4.74 Å². The number of amides is 2. The molecule has 2 amide bonds. The Morgan fingerprint density at radius 3 is 2.33 bits per heavy atom. The van der Waals surface area contributed by atoms with Crippen molar-refractivity contribution in [2.24, 2.45) is 0 Å². The standard InChI is InChI=1S/C21H20N2O4/c1-14-16-10-6-7-11-17(16)21(26)23(14)13-19(24)22-18(12-20(25)27-2)15-8-4-3-5-9-15/h3-11,18H,1,12-13H2,2H3,(H,22,24).